The van der Waals surface area contributed by atoms with Crippen LogP contribution in [0, 0.1) is 0 Å². The van der Waals surface area contributed by atoms with Gasteiger partial charge in [0.1, 0.15) is 5.75 Å². The van der Waals surface area contributed by atoms with Crippen LogP contribution in [0.2, 0.25) is 0 Å². The van der Waals surface area contributed by atoms with E-state index in [1.54, 1.807) is 7.11 Å². The van der Waals surface area contributed by atoms with Crippen LogP contribution in [0.25, 0.3) is 0 Å². The Labute approximate surface area is 115 Å². The van der Waals surface area contributed by atoms with Gasteiger partial charge in [0.15, 0.2) is 0 Å². The minimum Gasteiger partial charge on any atom is -0.496 e. The summed E-state index contributed by atoms with van der Waals surface area (Å²) in [5.41, 5.74) is 0.877. The minimum atomic E-state index is -0.487. The third-order valence-corrected chi connectivity index (χ3v) is 3.74. The van der Waals surface area contributed by atoms with E-state index in [0.717, 1.165) is 43.9 Å². The predicted molar refractivity (Wildman–Crippen MR) is 76.5 cm³/mol. The number of rotatable bonds is 4. The van der Waals surface area contributed by atoms with Crippen molar-refractivity contribution in [3.8, 4) is 5.75 Å². The summed E-state index contributed by atoms with van der Waals surface area (Å²) in [5, 5.41) is 10.4. The lowest BCUT2D eigenvalue weighted by molar-refractivity contribution is 0.113. The molecule has 1 unspecified atom stereocenters. The molecule has 106 valence electrons. The van der Waals surface area contributed by atoms with Crippen LogP contribution in [0.4, 0.5) is 0 Å². The van der Waals surface area contributed by atoms with E-state index in [0.29, 0.717) is 6.54 Å². The maximum absolute atomic E-state index is 10.4. The first-order chi connectivity index (χ1) is 9.20. The van der Waals surface area contributed by atoms with Crippen LogP contribution in [0.5, 0.6) is 5.75 Å². The van der Waals surface area contributed by atoms with Crippen molar-refractivity contribution in [3.05, 3.63) is 29.8 Å². The molecule has 1 aliphatic rings. The number of aliphatic hydroxyl groups excluding tert-OH is 1. The average Bonchev–Trinajstić information content (AvgIpc) is 2.63. The van der Waals surface area contributed by atoms with Crippen molar-refractivity contribution < 1.29 is 9.84 Å². The molecule has 1 heterocycles. The maximum atomic E-state index is 10.4. The zero-order chi connectivity index (χ0) is 13.7. The monoisotopic (exact) mass is 264 g/mol. The summed E-state index contributed by atoms with van der Waals surface area (Å²) >= 11 is 0. The standard InChI is InChI=1S/C15H24N2O2/c1-16-8-5-9-17(11-10-16)12-14(18)13-6-3-4-7-15(13)19-2/h3-4,6-7,14,18H,5,8-12H2,1-2H3. The van der Waals surface area contributed by atoms with Crippen molar-refractivity contribution in [2.24, 2.45) is 0 Å². The van der Waals surface area contributed by atoms with Gasteiger partial charge in [0.25, 0.3) is 0 Å². The van der Waals surface area contributed by atoms with Gasteiger partial charge in [0.2, 0.25) is 0 Å². The van der Waals surface area contributed by atoms with Crippen LogP contribution in [0.1, 0.15) is 18.1 Å². The normalized spacial score (nSPS) is 19.9. The Hall–Kier alpha value is -1.10. The number of aliphatic hydroxyl groups is 1. The van der Waals surface area contributed by atoms with Gasteiger partial charge in [-0.15, -0.1) is 0 Å². The Morgan fingerprint density at radius 1 is 1.21 bits per heavy atom. The largest absolute Gasteiger partial charge is 0.496 e. The summed E-state index contributed by atoms with van der Waals surface area (Å²) in [6.07, 6.45) is 0.675. The number of nitrogens with zero attached hydrogens (tertiary/aromatic N) is 2. The summed E-state index contributed by atoms with van der Waals surface area (Å²) in [6.45, 7) is 4.95. The SMILES string of the molecule is COc1ccccc1C(O)CN1CCCN(C)CC1. The Balaban J connectivity index is 1.98. The van der Waals surface area contributed by atoms with Crippen molar-refractivity contribution in [3.63, 3.8) is 0 Å². The number of hydrogen-bond acceptors (Lipinski definition) is 4. The predicted octanol–water partition coefficient (Wildman–Crippen LogP) is 1.37. The molecule has 0 radical (unpaired) electrons. The summed E-state index contributed by atoms with van der Waals surface area (Å²) in [6, 6.07) is 7.70. The van der Waals surface area contributed by atoms with E-state index in [1.165, 1.54) is 0 Å². The molecule has 0 spiro atoms. The van der Waals surface area contributed by atoms with Crippen LogP contribution in [-0.2, 0) is 0 Å². The molecule has 1 N–H and O–H groups in total. The molecule has 1 fully saturated rings. The van der Waals surface area contributed by atoms with E-state index in [1.807, 2.05) is 24.3 Å². The van der Waals surface area contributed by atoms with E-state index in [2.05, 4.69) is 16.8 Å². The van der Waals surface area contributed by atoms with E-state index < -0.39 is 6.10 Å². The molecule has 0 bridgehead atoms. The van der Waals surface area contributed by atoms with Crippen LogP contribution < -0.4 is 4.74 Å². The summed E-state index contributed by atoms with van der Waals surface area (Å²) in [4.78, 5) is 4.68. The van der Waals surface area contributed by atoms with Gasteiger partial charge >= 0.3 is 0 Å². The second kappa shape index (κ2) is 6.89. The van der Waals surface area contributed by atoms with Gasteiger partial charge < -0.3 is 14.7 Å². The molecular weight excluding hydrogens is 240 g/mol. The van der Waals surface area contributed by atoms with Crippen molar-refractivity contribution in [2.45, 2.75) is 12.5 Å². The number of ether oxygens (including phenoxy) is 1. The fraction of sp³-hybridized carbons (Fsp3) is 0.600. The fourth-order valence-electron chi connectivity index (χ4n) is 2.57. The van der Waals surface area contributed by atoms with Gasteiger partial charge in [-0.3, -0.25) is 4.90 Å². The molecular formula is C15H24N2O2. The van der Waals surface area contributed by atoms with Crippen molar-refractivity contribution in [1.29, 1.82) is 0 Å². The van der Waals surface area contributed by atoms with Crippen molar-refractivity contribution >= 4 is 0 Å². The Morgan fingerprint density at radius 2 is 2.00 bits per heavy atom. The van der Waals surface area contributed by atoms with Crippen LogP contribution >= 0.6 is 0 Å². The number of β-amino-alcohol motifs (C(OH)–C–C–N with tert-alkyl or cyclic N) is 1. The topological polar surface area (TPSA) is 35.9 Å². The van der Waals surface area contributed by atoms with E-state index >= 15 is 0 Å². The molecule has 19 heavy (non-hydrogen) atoms. The summed E-state index contributed by atoms with van der Waals surface area (Å²) in [7, 11) is 3.80. The third kappa shape index (κ3) is 3.93. The molecule has 1 aromatic rings. The van der Waals surface area contributed by atoms with Crippen LogP contribution in [0.3, 0.4) is 0 Å². The maximum Gasteiger partial charge on any atom is 0.124 e. The van der Waals surface area contributed by atoms with Crippen LogP contribution in [-0.4, -0.2) is 61.8 Å². The van der Waals surface area contributed by atoms with Crippen molar-refractivity contribution in [1.82, 2.24) is 9.80 Å². The Bertz CT molecular complexity index is 397. The molecule has 0 saturated carbocycles. The third-order valence-electron chi connectivity index (χ3n) is 3.74. The van der Waals surface area contributed by atoms with Crippen molar-refractivity contribution in [2.75, 3.05) is 46.9 Å². The highest BCUT2D eigenvalue weighted by Gasteiger charge is 2.18. The van der Waals surface area contributed by atoms with Gasteiger partial charge in [-0.05, 0) is 32.6 Å². The fourth-order valence-corrected chi connectivity index (χ4v) is 2.57. The molecule has 1 saturated heterocycles. The first kappa shape index (κ1) is 14.3. The molecule has 4 nitrogen and oxygen atoms in total. The lowest BCUT2D eigenvalue weighted by atomic mass is 10.1. The molecule has 2 rings (SSSR count). The number of methoxy groups -OCH3 is 1. The molecule has 1 aromatic carbocycles. The van der Waals surface area contributed by atoms with E-state index in [4.69, 9.17) is 4.74 Å². The highest BCUT2D eigenvalue weighted by atomic mass is 16.5. The highest BCUT2D eigenvalue weighted by Crippen LogP contribution is 2.25. The molecule has 0 aliphatic carbocycles. The molecule has 1 atom stereocenters. The first-order valence-corrected chi connectivity index (χ1v) is 6.92. The number of hydrogen-bond donors (Lipinski definition) is 1. The molecule has 0 amide bonds. The average molecular weight is 264 g/mol. The quantitative estimate of drug-likeness (QED) is 0.891. The number of para-hydroxylation sites is 1. The zero-order valence-electron chi connectivity index (χ0n) is 11.9. The number of likely N-dealkylation sites (N-methyl/N-ethyl adjacent to an activating group) is 1. The van der Waals surface area contributed by atoms with Gasteiger partial charge in [0.05, 0.1) is 13.2 Å². The summed E-state index contributed by atoms with van der Waals surface area (Å²) < 4.78 is 5.31. The number of benzene rings is 1. The smallest absolute Gasteiger partial charge is 0.124 e. The first-order valence-electron chi connectivity index (χ1n) is 6.92. The second-order valence-corrected chi connectivity index (χ2v) is 5.22. The Morgan fingerprint density at radius 3 is 2.79 bits per heavy atom. The van der Waals surface area contributed by atoms with E-state index in [9.17, 15) is 5.11 Å². The highest BCUT2D eigenvalue weighted by molar-refractivity contribution is 5.35. The second-order valence-electron chi connectivity index (χ2n) is 5.22. The van der Waals surface area contributed by atoms with Gasteiger partial charge in [-0.1, -0.05) is 18.2 Å². The molecule has 0 aromatic heterocycles. The lowest BCUT2D eigenvalue weighted by Crippen LogP contribution is -2.32. The van der Waals surface area contributed by atoms with Gasteiger partial charge in [0, 0.05) is 25.2 Å². The van der Waals surface area contributed by atoms with Gasteiger partial charge in [-0.25, -0.2) is 0 Å². The lowest BCUT2D eigenvalue weighted by Gasteiger charge is -2.24. The Kier molecular flexibility index (Phi) is 5.19. The van der Waals surface area contributed by atoms with E-state index in [-0.39, 0.29) is 0 Å². The zero-order valence-corrected chi connectivity index (χ0v) is 11.9. The molecule has 1 aliphatic heterocycles. The van der Waals surface area contributed by atoms with Crippen LogP contribution in [0.15, 0.2) is 24.3 Å². The summed E-state index contributed by atoms with van der Waals surface area (Å²) in [5.74, 6) is 0.766. The van der Waals surface area contributed by atoms with Gasteiger partial charge in [-0.2, -0.15) is 0 Å². The molecule has 4 heteroatoms. The minimum absolute atomic E-state index is 0.487.